The molecule has 0 aliphatic heterocycles. The van der Waals surface area contributed by atoms with Crippen molar-refractivity contribution in [3.63, 3.8) is 0 Å². The standard InChI is InChI=1S/C16H22N4O/c1-13(19(2)11-14-7-5-4-6-8-14)16(21)17-9-15-10-18-20(3)12-15/h4-8,10,12-13H,9,11H2,1-3H3,(H,17,21)/t13-/m1/s1. The molecule has 1 N–H and O–H groups in total. The van der Waals surface area contributed by atoms with Crippen LogP contribution in [0.25, 0.3) is 0 Å². The van der Waals surface area contributed by atoms with Gasteiger partial charge in [0.1, 0.15) is 0 Å². The second-order valence-corrected chi connectivity index (χ2v) is 5.32. The van der Waals surface area contributed by atoms with E-state index in [9.17, 15) is 4.79 Å². The summed E-state index contributed by atoms with van der Waals surface area (Å²) in [5.41, 5.74) is 2.20. The smallest absolute Gasteiger partial charge is 0.237 e. The molecule has 1 aromatic carbocycles. The Morgan fingerprint density at radius 2 is 2.05 bits per heavy atom. The first kappa shape index (κ1) is 15.3. The summed E-state index contributed by atoms with van der Waals surface area (Å²) < 4.78 is 1.73. The van der Waals surface area contributed by atoms with Gasteiger partial charge < -0.3 is 5.32 Å². The van der Waals surface area contributed by atoms with Crippen molar-refractivity contribution < 1.29 is 4.79 Å². The van der Waals surface area contributed by atoms with Crippen molar-refractivity contribution in [1.29, 1.82) is 0 Å². The first-order valence-corrected chi connectivity index (χ1v) is 7.05. The predicted molar refractivity (Wildman–Crippen MR) is 82.4 cm³/mol. The highest BCUT2D eigenvalue weighted by molar-refractivity contribution is 5.81. The summed E-state index contributed by atoms with van der Waals surface area (Å²) in [7, 11) is 3.82. The van der Waals surface area contributed by atoms with Crippen LogP contribution in [0.2, 0.25) is 0 Å². The summed E-state index contributed by atoms with van der Waals surface area (Å²) in [4.78, 5) is 14.2. The number of aryl methyl sites for hydroxylation is 1. The van der Waals surface area contributed by atoms with Crippen LogP contribution in [0.5, 0.6) is 0 Å². The lowest BCUT2D eigenvalue weighted by molar-refractivity contribution is -0.125. The van der Waals surface area contributed by atoms with Crippen LogP contribution in [0.1, 0.15) is 18.1 Å². The molecule has 1 amide bonds. The highest BCUT2D eigenvalue weighted by atomic mass is 16.2. The van der Waals surface area contributed by atoms with E-state index in [4.69, 9.17) is 0 Å². The van der Waals surface area contributed by atoms with Gasteiger partial charge in [0, 0.05) is 31.9 Å². The van der Waals surface area contributed by atoms with Crippen LogP contribution in [0, 0.1) is 0 Å². The first-order valence-electron chi connectivity index (χ1n) is 7.05. The minimum absolute atomic E-state index is 0.0253. The molecule has 0 radical (unpaired) electrons. The Labute approximate surface area is 125 Å². The van der Waals surface area contributed by atoms with Crippen LogP contribution in [0.3, 0.4) is 0 Å². The molecular weight excluding hydrogens is 264 g/mol. The van der Waals surface area contributed by atoms with Crippen LogP contribution in [0.15, 0.2) is 42.7 Å². The van der Waals surface area contributed by atoms with E-state index < -0.39 is 0 Å². The Morgan fingerprint density at radius 3 is 2.67 bits per heavy atom. The number of hydrogen-bond acceptors (Lipinski definition) is 3. The van der Waals surface area contributed by atoms with Gasteiger partial charge in [0.15, 0.2) is 0 Å². The van der Waals surface area contributed by atoms with E-state index in [0.29, 0.717) is 6.54 Å². The van der Waals surface area contributed by atoms with Crippen LogP contribution in [-0.2, 0) is 24.9 Å². The number of nitrogens with one attached hydrogen (secondary N) is 1. The molecule has 1 aromatic heterocycles. The summed E-state index contributed by atoms with van der Waals surface area (Å²) in [5, 5.41) is 7.03. The number of benzene rings is 1. The van der Waals surface area contributed by atoms with Gasteiger partial charge in [-0.3, -0.25) is 14.4 Å². The lowest BCUT2D eigenvalue weighted by atomic mass is 10.2. The molecule has 0 aliphatic rings. The van der Waals surface area contributed by atoms with Gasteiger partial charge in [-0.05, 0) is 19.5 Å². The van der Waals surface area contributed by atoms with Crippen molar-refractivity contribution in [1.82, 2.24) is 20.0 Å². The van der Waals surface area contributed by atoms with Gasteiger partial charge >= 0.3 is 0 Å². The number of likely N-dealkylation sites (N-methyl/N-ethyl adjacent to an activating group) is 1. The summed E-state index contributed by atoms with van der Waals surface area (Å²) in [6.45, 7) is 3.18. The average Bonchev–Trinajstić information content (AvgIpc) is 2.90. The molecule has 1 atom stereocenters. The van der Waals surface area contributed by atoms with Gasteiger partial charge in [0.2, 0.25) is 5.91 Å². The molecule has 0 saturated heterocycles. The Kier molecular flexibility index (Phi) is 5.11. The molecule has 2 rings (SSSR count). The zero-order chi connectivity index (χ0) is 15.2. The van der Waals surface area contributed by atoms with Gasteiger partial charge in [0.25, 0.3) is 0 Å². The number of hydrogen-bond donors (Lipinski definition) is 1. The molecule has 5 nitrogen and oxygen atoms in total. The number of rotatable bonds is 6. The third-order valence-corrected chi connectivity index (χ3v) is 3.54. The minimum Gasteiger partial charge on any atom is -0.351 e. The SMILES string of the molecule is C[C@H](C(=O)NCc1cnn(C)c1)N(C)Cc1ccccc1. The van der Waals surface area contributed by atoms with Crippen molar-refractivity contribution in [2.75, 3.05) is 7.05 Å². The van der Waals surface area contributed by atoms with Crippen molar-refractivity contribution in [3.05, 3.63) is 53.9 Å². The van der Waals surface area contributed by atoms with Crippen molar-refractivity contribution in [2.24, 2.45) is 7.05 Å². The van der Waals surface area contributed by atoms with Crippen LogP contribution >= 0.6 is 0 Å². The Morgan fingerprint density at radius 1 is 1.33 bits per heavy atom. The highest BCUT2D eigenvalue weighted by Gasteiger charge is 2.17. The molecule has 0 fully saturated rings. The number of carbonyl (C=O) groups excluding carboxylic acids is 1. The van der Waals surface area contributed by atoms with Gasteiger partial charge in [-0.1, -0.05) is 30.3 Å². The Hall–Kier alpha value is -2.14. The van der Waals surface area contributed by atoms with E-state index >= 15 is 0 Å². The van der Waals surface area contributed by atoms with Gasteiger partial charge in [-0.15, -0.1) is 0 Å². The zero-order valence-corrected chi connectivity index (χ0v) is 12.8. The topological polar surface area (TPSA) is 50.2 Å². The minimum atomic E-state index is -0.179. The van der Waals surface area contributed by atoms with E-state index in [-0.39, 0.29) is 11.9 Å². The zero-order valence-electron chi connectivity index (χ0n) is 12.8. The second kappa shape index (κ2) is 7.04. The molecular formula is C16H22N4O. The molecule has 21 heavy (non-hydrogen) atoms. The molecule has 0 spiro atoms. The van der Waals surface area contributed by atoms with Crippen molar-refractivity contribution >= 4 is 5.91 Å². The summed E-state index contributed by atoms with van der Waals surface area (Å²) in [5.74, 6) is 0.0253. The maximum atomic E-state index is 12.2. The van der Waals surface area contributed by atoms with E-state index in [1.807, 2.05) is 50.3 Å². The average molecular weight is 286 g/mol. The normalized spacial score (nSPS) is 12.4. The second-order valence-electron chi connectivity index (χ2n) is 5.32. The maximum Gasteiger partial charge on any atom is 0.237 e. The van der Waals surface area contributed by atoms with Crippen LogP contribution < -0.4 is 5.32 Å². The van der Waals surface area contributed by atoms with Gasteiger partial charge in [0.05, 0.1) is 12.2 Å². The molecule has 0 saturated carbocycles. The molecule has 0 unspecified atom stereocenters. The molecule has 0 aliphatic carbocycles. The first-order chi connectivity index (χ1) is 10.1. The number of nitrogens with zero attached hydrogens (tertiary/aromatic N) is 3. The Bertz CT molecular complexity index is 579. The maximum absolute atomic E-state index is 12.2. The monoisotopic (exact) mass is 286 g/mol. The fraction of sp³-hybridized carbons (Fsp3) is 0.375. The fourth-order valence-electron chi connectivity index (χ4n) is 2.11. The Balaban J connectivity index is 1.83. The largest absolute Gasteiger partial charge is 0.351 e. The van der Waals surface area contributed by atoms with E-state index in [2.05, 4.69) is 22.5 Å². The van der Waals surface area contributed by atoms with Gasteiger partial charge in [-0.25, -0.2) is 0 Å². The molecule has 1 heterocycles. The predicted octanol–water partition coefficient (Wildman–Crippen LogP) is 1.56. The molecule has 0 bridgehead atoms. The van der Waals surface area contributed by atoms with E-state index in [1.54, 1.807) is 10.9 Å². The van der Waals surface area contributed by atoms with Gasteiger partial charge in [-0.2, -0.15) is 5.10 Å². The van der Waals surface area contributed by atoms with Crippen LogP contribution in [0.4, 0.5) is 0 Å². The van der Waals surface area contributed by atoms with Crippen molar-refractivity contribution in [2.45, 2.75) is 26.1 Å². The van der Waals surface area contributed by atoms with Crippen molar-refractivity contribution in [3.8, 4) is 0 Å². The quantitative estimate of drug-likeness (QED) is 0.876. The number of aromatic nitrogens is 2. The fourth-order valence-corrected chi connectivity index (χ4v) is 2.11. The molecule has 112 valence electrons. The van der Waals surface area contributed by atoms with E-state index in [1.165, 1.54) is 5.56 Å². The third-order valence-electron chi connectivity index (χ3n) is 3.54. The summed E-state index contributed by atoms with van der Waals surface area (Å²) in [6, 6.07) is 9.97. The van der Waals surface area contributed by atoms with Crippen LogP contribution in [-0.4, -0.2) is 33.7 Å². The molecule has 5 heteroatoms. The number of amides is 1. The lowest BCUT2D eigenvalue weighted by Gasteiger charge is -2.23. The highest BCUT2D eigenvalue weighted by Crippen LogP contribution is 2.06. The summed E-state index contributed by atoms with van der Waals surface area (Å²) >= 11 is 0. The molecule has 2 aromatic rings. The summed E-state index contributed by atoms with van der Waals surface area (Å²) in [6.07, 6.45) is 3.66. The lowest BCUT2D eigenvalue weighted by Crippen LogP contribution is -2.42. The number of carbonyl (C=O) groups is 1. The van der Waals surface area contributed by atoms with E-state index in [0.717, 1.165) is 12.1 Å². The third kappa shape index (κ3) is 4.43.